The molecule has 78 valence electrons. The van der Waals surface area contributed by atoms with Crippen molar-refractivity contribution in [2.75, 3.05) is 0 Å². The molecule has 0 aliphatic carbocycles. The second-order valence-corrected chi connectivity index (χ2v) is 6.11. The van der Waals surface area contributed by atoms with Gasteiger partial charge < -0.3 is 5.73 Å². The molecule has 0 bridgehead atoms. The number of halogens is 2. The predicted octanol–water partition coefficient (Wildman–Crippen LogP) is 3.99. The summed E-state index contributed by atoms with van der Waals surface area (Å²) in [4.78, 5) is 0. The fraction of sp³-hybridized carbons (Fsp3) is 0.455. The van der Waals surface area contributed by atoms with Gasteiger partial charge in [-0.3, -0.25) is 0 Å². The van der Waals surface area contributed by atoms with Gasteiger partial charge in [0.05, 0.1) is 0 Å². The standard InChI is InChI=1S/C11H15ClIN/c1-11(2,3)10(14)8-6-7(12)4-5-9(8)13/h4-6,10H,14H2,1-3H3/t10-/m0/s1. The molecule has 0 saturated carbocycles. The van der Waals surface area contributed by atoms with Crippen molar-refractivity contribution in [2.45, 2.75) is 26.8 Å². The lowest BCUT2D eigenvalue weighted by Gasteiger charge is -2.28. The minimum atomic E-state index is 0.0214. The Labute approximate surface area is 104 Å². The van der Waals surface area contributed by atoms with E-state index in [4.69, 9.17) is 17.3 Å². The molecule has 14 heavy (non-hydrogen) atoms. The van der Waals surface area contributed by atoms with Crippen molar-refractivity contribution < 1.29 is 0 Å². The lowest BCUT2D eigenvalue weighted by molar-refractivity contribution is 0.326. The van der Waals surface area contributed by atoms with Gasteiger partial charge in [-0.1, -0.05) is 32.4 Å². The van der Waals surface area contributed by atoms with Gasteiger partial charge in [-0.25, -0.2) is 0 Å². The molecular weight excluding hydrogens is 308 g/mol. The van der Waals surface area contributed by atoms with E-state index in [0.29, 0.717) is 0 Å². The fourth-order valence-electron chi connectivity index (χ4n) is 1.22. The molecule has 1 nitrogen and oxygen atoms in total. The lowest BCUT2D eigenvalue weighted by Crippen LogP contribution is -2.27. The highest BCUT2D eigenvalue weighted by atomic mass is 127. The van der Waals surface area contributed by atoms with E-state index in [2.05, 4.69) is 43.4 Å². The highest BCUT2D eigenvalue weighted by molar-refractivity contribution is 14.1. The SMILES string of the molecule is CC(C)(C)[C@@H](N)c1cc(Cl)ccc1I. The first-order chi connectivity index (χ1) is 6.32. The summed E-state index contributed by atoms with van der Waals surface area (Å²) in [5.41, 5.74) is 7.37. The van der Waals surface area contributed by atoms with Crippen molar-refractivity contribution in [1.82, 2.24) is 0 Å². The number of hydrogen-bond donors (Lipinski definition) is 1. The summed E-state index contributed by atoms with van der Waals surface area (Å²) in [6.07, 6.45) is 0. The average Bonchev–Trinajstić information content (AvgIpc) is 2.06. The van der Waals surface area contributed by atoms with Crippen LogP contribution in [0.5, 0.6) is 0 Å². The summed E-state index contributed by atoms with van der Waals surface area (Å²) >= 11 is 8.25. The van der Waals surface area contributed by atoms with Gasteiger partial charge in [0, 0.05) is 14.6 Å². The Morgan fingerprint density at radius 1 is 1.36 bits per heavy atom. The van der Waals surface area contributed by atoms with E-state index in [1.165, 1.54) is 3.57 Å². The van der Waals surface area contributed by atoms with Crippen LogP contribution in [0.25, 0.3) is 0 Å². The van der Waals surface area contributed by atoms with E-state index in [0.717, 1.165) is 10.6 Å². The van der Waals surface area contributed by atoms with E-state index >= 15 is 0 Å². The van der Waals surface area contributed by atoms with E-state index in [9.17, 15) is 0 Å². The number of rotatable bonds is 1. The number of hydrogen-bond acceptors (Lipinski definition) is 1. The molecule has 0 saturated heterocycles. The highest BCUT2D eigenvalue weighted by Crippen LogP contribution is 2.34. The Morgan fingerprint density at radius 2 is 1.93 bits per heavy atom. The number of benzene rings is 1. The molecule has 1 aromatic rings. The van der Waals surface area contributed by atoms with Crippen molar-refractivity contribution in [3.05, 3.63) is 32.4 Å². The molecule has 1 atom stereocenters. The molecule has 0 aliphatic heterocycles. The maximum absolute atomic E-state index is 6.18. The topological polar surface area (TPSA) is 26.0 Å². The van der Waals surface area contributed by atoms with Crippen molar-refractivity contribution in [2.24, 2.45) is 11.1 Å². The molecule has 3 heteroatoms. The average molecular weight is 324 g/mol. The maximum Gasteiger partial charge on any atom is 0.0410 e. The van der Waals surface area contributed by atoms with Gasteiger partial charge in [0.1, 0.15) is 0 Å². The summed E-state index contributed by atoms with van der Waals surface area (Å²) in [6.45, 7) is 6.40. The summed E-state index contributed by atoms with van der Waals surface area (Å²) in [6, 6.07) is 5.87. The van der Waals surface area contributed by atoms with Crippen molar-refractivity contribution in [3.63, 3.8) is 0 Å². The van der Waals surface area contributed by atoms with Crippen LogP contribution >= 0.6 is 34.2 Å². The van der Waals surface area contributed by atoms with Gasteiger partial charge in [0.25, 0.3) is 0 Å². The first kappa shape index (κ1) is 12.3. The summed E-state index contributed by atoms with van der Waals surface area (Å²) in [5, 5.41) is 0.750. The second-order valence-electron chi connectivity index (χ2n) is 4.51. The molecule has 0 amide bonds. The molecule has 0 radical (unpaired) electrons. The van der Waals surface area contributed by atoms with Gasteiger partial charge in [-0.2, -0.15) is 0 Å². The van der Waals surface area contributed by atoms with Crippen LogP contribution in [0.4, 0.5) is 0 Å². The van der Waals surface area contributed by atoms with Crippen LogP contribution in [-0.2, 0) is 0 Å². The van der Waals surface area contributed by atoms with Gasteiger partial charge in [-0.05, 0) is 51.8 Å². The van der Waals surface area contributed by atoms with E-state index in [1.54, 1.807) is 0 Å². The highest BCUT2D eigenvalue weighted by Gasteiger charge is 2.24. The summed E-state index contributed by atoms with van der Waals surface area (Å²) in [5.74, 6) is 0. The zero-order chi connectivity index (χ0) is 10.9. The number of nitrogens with two attached hydrogens (primary N) is 1. The molecule has 0 heterocycles. The monoisotopic (exact) mass is 323 g/mol. The smallest absolute Gasteiger partial charge is 0.0410 e. The van der Waals surface area contributed by atoms with Crippen LogP contribution < -0.4 is 5.73 Å². The molecule has 0 unspecified atom stereocenters. The summed E-state index contributed by atoms with van der Waals surface area (Å²) in [7, 11) is 0. The third kappa shape index (κ3) is 2.84. The van der Waals surface area contributed by atoms with E-state index in [-0.39, 0.29) is 11.5 Å². The molecule has 0 spiro atoms. The van der Waals surface area contributed by atoms with Gasteiger partial charge in [0.15, 0.2) is 0 Å². The molecule has 0 aliphatic rings. The summed E-state index contributed by atoms with van der Waals surface area (Å²) < 4.78 is 1.18. The third-order valence-corrected chi connectivity index (χ3v) is 3.44. The molecule has 0 aromatic heterocycles. The molecular formula is C11H15ClIN. The first-order valence-corrected chi connectivity index (χ1v) is 5.98. The Kier molecular flexibility index (Phi) is 3.83. The van der Waals surface area contributed by atoms with Gasteiger partial charge in [-0.15, -0.1) is 0 Å². The maximum atomic E-state index is 6.18. The van der Waals surface area contributed by atoms with Crippen molar-refractivity contribution in [3.8, 4) is 0 Å². The Balaban J connectivity index is 3.12. The third-order valence-electron chi connectivity index (χ3n) is 2.23. The van der Waals surface area contributed by atoms with E-state index < -0.39 is 0 Å². The zero-order valence-corrected chi connectivity index (χ0v) is 11.6. The largest absolute Gasteiger partial charge is 0.323 e. The normalized spacial score (nSPS) is 14.1. The van der Waals surface area contributed by atoms with Gasteiger partial charge in [0.2, 0.25) is 0 Å². The van der Waals surface area contributed by atoms with Crippen LogP contribution in [0.1, 0.15) is 32.4 Å². The van der Waals surface area contributed by atoms with Crippen LogP contribution in [0.2, 0.25) is 5.02 Å². The van der Waals surface area contributed by atoms with E-state index in [1.807, 2.05) is 18.2 Å². The fourth-order valence-corrected chi connectivity index (χ4v) is 2.07. The van der Waals surface area contributed by atoms with Gasteiger partial charge >= 0.3 is 0 Å². The quantitative estimate of drug-likeness (QED) is 0.777. The van der Waals surface area contributed by atoms with Crippen LogP contribution in [0.3, 0.4) is 0 Å². The zero-order valence-electron chi connectivity index (χ0n) is 8.64. The molecule has 1 rings (SSSR count). The Morgan fingerprint density at radius 3 is 2.43 bits per heavy atom. The second kappa shape index (κ2) is 4.37. The van der Waals surface area contributed by atoms with Crippen molar-refractivity contribution >= 4 is 34.2 Å². The minimum absolute atomic E-state index is 0.0214. The first-order valence-electron chi connectivity index (χ1n) is 4.53. The minimum Gasteiger partial charge on any atom is -0.323 e. The van der Waals surface area contributed by atoms with Crippen LogP contribution in [0, 0.1) is 8.99 Å². The van der Waals surface area contributed by atoms with Crippen molar-refractivity contribution in [1.29, 1.82) is 0 Å². The van der Waals surface area contributed by atoms with Crippen LogP contribution in [-0.4, -0.2) is 0 Å². The predicted molar refractivity (Wildman–Crippen MR) is 70.6 cm³/mol. The molecule has 0 fully saturated rings. The van der Waals surface area contributed by atoms with Crippen LogP contribution in [0.15, 0.2) is 18.2 Å². The molecule has 2 N–H and O–H groups in total. The lowest BCUT2D eigenvalue weighted by atomic mass is 9.83. The Hall–Kier alpha value is 0.200. The molecule has 1 aromatic carbocycles. The Bertz CT molecular complexity index is 331.